The minimum absolute atomic E-state index is 0.555. The Bertz CT molecular complexity index is 668. The van der Waals surface area contributed by atoms with Gasteiger partial charge in [-0.05, 0) is 28.8 Å². The van der Waals surface area contributed by atoms with Crippen LogP contribution < -0.4 is 0 Å². The third-order valence-corrected chi connectivity index (χ3v) is 4.76. The lowest BCUT2D eigenvalue weighted by Crippen LogP contribution is -2.46. The molecular weight excluding hydrogens is 300 g/mol. The van der Waals surface area contributed by atoms with Crippen LogP contribution in [0, 0.1) is 0 Å². The summed E-state index contributed by atoms with van der Waals surface area (Å²) >= 11 is 0. The number of tetrazole rings is 1. The molecule has 2 aliphatic rings. The summed E-state index contributed by atoms with van der Waals surface area (Å²) in [4.78, 5) is 4.96. The van der Waals surface area contributed by atoms with E-state index in [1.165, 1.54) is 18.4 Å². The van der Waals surface area contributed by atoms with Crippen LogP contribution in [0.1, 0.15) is 30.3 Å². The van der Waals surface area contributed by atoms with Crippen molar-refractivity contribution in [3.05, 3.63) is 47.8 Å². The van der Waals surface area contributed by atoms with E-state index >= 15 is 0 Å². The van der Waals surface area contributed by atoms with Gasteiger partial charge < -0.3 is 0 Å². The lowest BCUT2D eigenvalue weighted by atomic mass is 10.2. The molecule has 1 saturated heterocycles. The fourth-order valence-electron chi connectivity index (χ4n) is 3.15. The van der Waals surface area contributed by atoms with Crippen molar-refractivity contribution in [3.8, 4) is 0 Å². The van der Waals surface area contributed by atoms with E-state index in [2.05, 4.69) is 67.8 Å². The quantitative estimate of drug-likeness (QED) is 0.811. The highest BCUT2D eigenvalue weighted by Crippen LogP contribution is 2.34. The molecular formula is C18H24N6. The maximum atomic E-state index is 4.21. The Morgan fingerprint density at radius 3 is 2.50 bits per heavy atom. The molecule has 0 unspecified atom stereocenters. The minimum atomic E-state index is 0.555. The van der Waals surface area contributed by atoms with Crippen LogP contribution in [0.3, 0.4) is 0 Å². The second kappa shape index (κ2) is 7.23. The molecule has 6 heteroatoms. The van der Waals surface area contributed by atoms with Crippen LogP contribution in [0.2, 0.25) is 0 Å². The van der Waals surface area contributed by atoms with E-state index in [9.17, 15) is 0 Å². The monoisotopic (exact) mass is 324 g/mol. The highest BCUT2D eigenvalue weighted by atomic mass is 15.6. The van der Waals surface area contributed by atoms with Gasteiger partial charge >= 0.3 is 0 Å². The van der Waals surface area contributed by atoms with Gasteiger partial charge in [0.1, 0.15) is 0 Å². The number of benzene rings is 1. The first-order chi connectivity index (χ1) is 11.9. The average molecular weight is 324 g/mol. The molecule has 0 bridgehead atoms. The summed E-state index contributed by atoms with van der Waals surface area (Å²) in [5.74, 6) is 1.02. The summed E-state index contributed by atoms with van der Waals surface area (Å²) < 4.78 is 2.02. The molecule has 126 valence electrons. The molecule has 0 spiro atoms. The molecule has 2 aromatic rings. The van der Waals surface area contributed by atoms with Crippen molar-refractivity contribution < 1.29 is 0 Å². The topological polar surface area (TPSA) is 50.1 Å². The number of hydrogen-bond acceptors (Lipinski definition) is 5. The molecule has 24 heavy (non-hydrogen) atoms. The molecule has 6 nitrogen and oxygen atoms in total. The Balaban J connectivity index is 1.23. The van der Waals surface area contributed by atoms with Crippen molar-refractivity contribution in [2.24, 2.45) is 0 Å². The van der Waals surface area contributed by atoms with E-state index in [4.69, 9.17) is 0 Å². The zero-order chi connectivity index (χ0) is 16.2. The third kappa shape index (κ3) is 3.88. The second-order valence-corrected chi connectivity index (χ2v) is 6.66. The van der Waals surface area contributed by atoms with Crippen molar-refractivity contribution >= 4 is 6.08 Å². The number of rotatable bonds is 6. The number of nitrogens with zero attached hydrogens (tertiary/aromatic N) is 6. The van der Waals surface area contributed by atoms with Gasteiger partial charge in [-0.25, -0.2) is 4.68 Å². The Morgan fingerprint density at radius 2 is 1.75 bits per heavy atom. The largest absolute Gasteiger partial charge is 0.297 e. The molecule has 0 atom stereocenters. The van der Waals surface area contributed by atoms with Crippen LogP contribution in [0.4, 0.5) is 0 Å². The number of piperazine rings is 1. The molecule has 4 rings (SSSR count). The van der Waals surface area contributed by atoms with E-state index < -0.39 is 0 Å². The highest BCUT2D eigenvalue weighted by Gasteiger charge is 2.28. The Labute approximate surface area is 142 Å². The van der Waals surface area contributed by atoms with Crippen LogP contribution in [-0.2, 0) is 6.54 Å². The van der Waals surface area contributed by atoms with Gasteiger partial charge in [0.15, 0.2) is 5.82 Å². The van der Waals surface area contributed by atoms with Crippen LogP contribution in [0.25, 0.3) is 6.08 Å². The zero-order valence-corrected chi connectivity index (χ0v) is 14.0. The maximum Gasteiger partial charge on any atom is 0.165 e. The van der Waals surface area contributed by atoms with Gasteiger partial charge in [-0.3, -0.25) is 9.80 Å². The van der Waals surface area contributed by atoms with Gasteiger partial charge in [0, 0.05) is 32.7 Å². The molecule has 0 radical (unpaired) electrons. The zero-order valence-electron chi connectivity index (χ0n) is 14.0. The fraction of sp³-hybridized carbons (Fsp3) is 0.500. The fourth-order valence-corrected chi connectivity index (χ4v) is 3.15. The molecule has 1 aliphatic heterocycles. The van der Waals surface area contributed by atoms with Crippen molar-refractivity contribution in [1.29, 1.82) is 0 Å². The summed E-state index contributed by atoms with van der Waals surface area (Å²) in [6.07, 6.45) is 6.91. The molecule has 2 fully saturated rings. The maximum absolute atomic E-state index is 4.21. The first-order valence-corrected chi connectivity index (χ1v) is 8.81. The van der Waals surface area contributed by atoms with E-state index in [0.717, 1.165) is 45.1 Å². The Kier molecular flexibility index (Phi) is 4.66. The molecule has 1 aliphatic carbocycles. The van der Waals surface area contributed by atoms with E-state index in [1.807, 2.05) is 4.68 Å². The van der Waals surface area contributed by atoms with Gasteiger partial charge in [0.2, 0.25) is 0 Å². The minimum Gasteiger partial charge on any atom is -0.297 e. The van der Waals surface area contributed by atoms with E-state index in [0.29, 0.717) is 6.04 Å². The van der Waals surface area contributed by atoms with Gasteiger partial charge in [0.25, 0.3) is 0 Å². The second-order valence-electron chi connectivity index (χ2n) is 6.66. The smallest absolute Gasteiger partial charge is 0.165 e. The van der Waals surface area contributed by atoms with Crippen LogP contribution in [0.15, 0.2) is 36.4 Å². The van der Waals surface area contributed by atoms with Crippen LogP contribution in [0.5, 0.6) is 0 Å². The van der Waals surface area contributed by atoms with Crippen LogP contribution in [-0.4, -0.2) is 62.7 Å². The lowest BCUT2D eigenvalue weighted by molar-refractivity contribution is 0.133. The predicted molar refractivity (Wildman–Crippen MR) is 93.3 cm³/mol. The van der Waals surface area contributed by atoms with Gasteiger partial charge in [-0.15, -0.1) is 5.10 Å². The van der Waals surface area contributed by atoms with Crippen molar-refractivity contribution in [2.75, 3.05) is 32.7 Å². The van der Waals surface area contributed by atoms with Gasteiger partial charge in [-0.2, -0.15) is 0 Å². The standard InChI is InChI=1S/C18H24N6/c1-2-5-16(6-3-1)7-4-10-22-11-13-23(14-12-22)15-18-19-20-21-24(18)17-8-9-17/h1-7,17H,8-15H2/b7-4-. The summed E-state index contributed by atoms with van der Waals surface area (Å²) in [5.41, 5.74) is 1.27. The lowest BCUT2D eigenvalue weighted by Gasteiger charge is -2.33. The predicted octanol–water partition coefficient (Wildman–Crippen LogP) is 1.84. The summed E-state index contributed by atoms with van der Waals surface area (Å²) in [6, 6.07) is 11.0. The molecule has 0 N–H and O–H groups in total. The summed E-state index contributed by atoms with van der Waals surface area (Å²) in [6.45, 7) is 6.25. The van der Waals surface area contributed by atoms with Gasteiger partial charge in [0.05, 0.1) is 12.6 Å². The van der Waals surface area contributed by atoms with Crippen LogP contribution >= 0.6 is 0 Å². The third-order valence-electron chi connectivity index (χ3n) is 4.76. The highest BCUT2D eigenvalue weighted by molar-refractivity contribution is 5.48. The first-order valence-electron chi connectivity index (χ1n) is 8.81. The van der Waals surface area contributed by atoms with Crippen molar-refractivity contribution in [3.63, 3.8) is 0 Å². The van der Waals surface area contributed by atoms with E-state index in [1.54, 1.807) is 0 Å². The van der Waals surface area contributed by atoms with E-state index in [-0.39, 0.29) is 0 Å². The summed E-state index contributed by atoms with van der Waals surface area (Å²) in [7, 11) is 0. The van der Waals surface area contributed by atoms with Crippen molar-refractivity contribution in [1.82, 2.24) is 30.0 Å². The number of aromatic nitrogens is 4. The average Bonchev–Trinajstić information content (AvgIpc) is 3.37. The summed E-state index contributed by atoms with van der Waals surface area (Å²) in [5, 5.41) is 12.2. The van der Waals surface area contributed by atoms with Gasteiger partial charge in [-0.1, -0.05) is 42.5 Å². The molecule has 2 heterocycles. The first kappa shape index (κ1) is 15.5. The normalized spacial score (nSPS) is 20.0. The molecule has 1 aromatic carbocycles. The Hall–Kier alpha value is -2.05. The molecule has 1 aromatic heterocycles. The molecule has 0 amide bonds. The Morgan fingerprint density at radius 1 is 1.00 bits per heavy atom. The van der Waals surface area contributed by atoms with Crippen molar-refractivity contribution in [2.45, 2.75) is 25.4 Å². The number of hydrogen-bond donors (Lipinski definition) is 0. The molecule has 1 saturated carbocycles. The SMILES string of the molecule is C(=C/c1ccccc1)/CN1CCN(Cc2nnnn2C2CC2)CC1.